The third-order valence-corrected chi connectivity index (χ3v) is 2.76. The molecule has 0 radical (unpaired) electrons. The van der Waals surface area contributed by atoms with Gasteiger partial charge in [0.25, 0.3) is 0 Å². The molecule has 2 rings (SSSR count). The fourth-order valence-corrected chi connectivity index (χ4v) is 2.13. The minimum absolute atomic E-state index is 0.464. The molecule has 5 heteroatoms. The molecule has 0 aliphatic heterocycles. The van der Waals surface area contributed by atoms with E-state index >= 15 is 0 Å². The van der Waals surface area contributed by atoms with Crippen molar-refractivity contribution in [1.29, 1.82) is 0 Å². The van der Waals surface area contributed by atoms with E-state index < -0.39 is 0 Å². The van der Waals surface area contributed by atoms with E-state index in [4.69, 9.17) is 27.9 Å². The molecule has 2 aromatic rings. The maximum absolute atomic E-state index is 6.07. The Bertz CT molecular complexity index is 558. The lowest BCUT2D eigenvalue weighted by molar-refractivity contribution is 0.416. The zero-order valence-corrected chi connectivity index (χ0v) is 10.9. The number of aromatic nitrogens is 2. The topological polar surface area (TPSA) is 35.0 Å². The monoisotopic (exact) mass is 268 g/mol. The summed E-state index contributed by atoms with van der Waals surface area (Å²) < 4.78 is 5.27. The number of hydrogen-bond donors (Lipinski definition) is 0. The molecule has 1 aromatic carbocycles. The van der Waals surface area contributed by atoms with Crippen molar-refractivity contribution in [2.45, 2.75) is 6.92 Å². The third-order valence-electron chi connectivity index (χ3n) is 2.26. The van der Waals surface area contributed by atoms with Crippen LogP contribution in [-0.4, -0.2) is 17.1 Å². The lowest BCUT2D eigenvalue weighted by atomic mass is 10.1. The Morgan fingerprint density at radius 1 is 1.24 bits per heavy atom. The van der Waals surface area contributed by atoms with Gasteiger partial charge in [-0.15, -0.1) is 0 Å². The summed E-state index contributed by atoms with van der Waals surface area (Å²) in [5.41, 5.74) is 1.49. The Kier molecular flexibility index (Phi) is 3.50. The summed E-state index contributed by atoms with van der Waals surface area (Å²) in [6.45, 7) is 1.82. The molecule has 3 nitrogen and oxygen atoms in total. The van der Waals surface area contributed by atoms with Crippen LogP contribution in [0.25, 0.3) is 11.3 Å². The molecule has 88 valence electrons. The van der Waals surface area contributed by atoms with Crippen molar-refractivity contribution in [2.24, 2.45) is 0 Å². The van der Waals surface area contributed by atoms with Gasteiger partial charge < -0.3 is 4.74 Å². The van der Waals surface area contributed by atoms with Crippen molar-refractivity contribution < 1.29 is 4.74 Å². The van der Waals surface area contributed by atoms with E-state index in [0.717, 1.165) is 11.3 Å². The molecule has 0 N–H and O–H groups in total. The van der Waals surface area contributed by atoms with E-state index in [1.54, 1.807) is 31.5 Å². The summed E-state index contributed by atoms with van der Waals surface area (Å²) in [6, 6.07) is 5.20. The fourth-order valence-electron chi connectivity index (χ4n) is 1.56. The average Bonchev–Trinajstić information content (AvgIpc) is 2.28. The zero-order chi connectivity index (χ0) is 12.4. The van der Waals surface area contributed by atoms with E-state index in [2.05, 4.69) is 9.97 Å². The van der Waals surface area contributed by atoms with Gasteiger partial charge in [0.2, 0.25) is 0 Å². The van der Waals surface area contributed by atoms with Gasteiger partial charge in [-0.2, -0.15) is 0 Å². The van der Waals surface area contributed by atoms with Crippen molar-refractivity contribution in [1.82, 2.24) is 9.97 Å². The molecule has 0 aliphatic carbocycles. The first-order valence-corrected chi connectivity index (χ1v) is 5.70. The molecule has 0 saturated carbocycles. The molecule has 0 atom stereocenters. The van der Waals surface area contributed by atoms with Gasteiger partial charge in [-0.05, 0) is 25.1 Å². The van der Waals surface area contributed by atoms with Crippen LogP contribution in [0.1, 0.15) is 5.82 Å². The van der Waals surface area contributed by atoms with Crippen LogP contribution >= 0.6 is 23.2 Å². The molecule has 0 aliphatic rings. The van der Waals surface area contributed by atoms with Crippen molar-refractivity contribution in [3.05, 3.63) is 40.3 Å². The van der Waals surface area contributed by atoms with Gasteiger partial charge in [-0.1, -0.05) is 23.2 Å². The number of aryl methyl sites for hydroxylation is 1. The normalized spacial score (nSPS) is 10.4. The van der Waals surface area contributed by atoms with Crippen LogP contribution < -0.4 is 4.74 Å². The number of rotatable bonds is 2. The summed E-state index contributed by atoms with van der Waals surface area (Å²) in [7, 11) is 1.56. The van der Waals surface area contributed by atoms with Gasteiger partial charge in [-0.3, -0.25) is 0 Å². The van der Waals surface area contributed by atoms with Gasteiger partial charge in [0.15, 0.2) is 0 Å². The first-order chi connectivity index (χ1) is 8.11. The number of methoxy groups -OCH3 is 1. The van der Waals surface area contributed by atoms with Crippen LogP contribution in [0.5, 0.6) is 5.75 Å². The van der Waals surface area contributed by atoms with E-state index in [-0.39, 0.29) is 0 Å². The quantitative estimate of drug-likeness (QED) is 0.832. The second-order valence-electron chi connectivity index (χ2n) is 3.46. The van der Waals surface area contributed by atoms with E-state index in [9.17, 15) is 0 Å². The molecular formula is C12H10Cl2N2O. The molecule has 0 bridgehead atoms. The summed E-state index contributed by atoms with van der Waals surface area (Å²) >= 11 is 12.1. The van der Waals surface area contributed by atoms with Gasteiger partial charge in [0.05, 0.1) is 17.8 Å². The minimum atomic E-state index is 0.464. The highest BCUT2D eigenvalue weighted by Crippen LogP contribution is 2.37. The second kappa shape index (κ2) is 4.90. The van der Waals surface area contributed by atoms with Crippen molar-refractivity contribution in [2.75, 3.05) is 7.11 Å². The maximum Gasteiger partial charge on any atom is 0.146 e. The Morgan fingerprint density at radius 3 is 2.65 bits per heavy atom. The summed E-state index contributed by atoms with van der Waals surface area (Å²) in [6.07, 6.45) is 1.69. The van der Waals surface area contributed by atoms with Crippen molar-refractivity contribution in [3.8, 4) is 17.0 Å². The SMILES string of the molecule is COc1c(Cl)cc(Cl)cc1-c1ccnc(C)n1. The lowest BCUT2D eigenvalue weighted by Crippen LogP contribution is -1.94. The molecule has 0 saturated heterocycles. The van der Waals surface area contributed by atoms with Gasteiger partial charge in [0.1, 0.15) is 11.6 Å². The standard InChI is InChI=1S/C12H10Cl2N2O/c1-7-15-4-3-11(16-7)9-5-8(13)6-10(14)12(9)17-2/h3-6H,1-2H3. The maximum atomic E-state index is 6.07. The van der Waals surface area contributed by atoms with Crippen LogP contribution in [0.3, 0.4) is 0 Å². The molecule has 1 aromatic heterocycles. The highest BCUT2D eigenvalue weighted by atomic mass is 35.5. The Hall–Kier alpha value is -1.32. The Morgan fingerprint density at radius 2 is 2.00 bits per heavy atom. The second-order valence-corrected chi connectivity index (χ2v) is 4.30. The van der Waals surface area contributed by atoms with Gasteiger partial charge in [0, 0.05) is 16.8 Å². The van der Waals surface area contributed by atoms with Crippen LogP contribution in [-0.2, 0) is 0 Å². The van der Waals surface area contributed by atoms with Gasteiger partial charge >= 0.3 is 0 Å². The van der Waals surface area contributed by atoms with Crippen LogP contribution in [0.2, 0.25) is 10.0 Å². The van der Waals surface area contributed by atoms with Crippen molar-refractivity contribution >= 4 is 23.2 Å². The molecule has 0 spiro atoms. The van der Waals surface area contributed by atoms with E-state index in [1.165, 1.54) is 0 Å². The molecule has 0 fully saturated rings. The third kappa shape index (κ3) is 2.51. The van der Waals surface area contributed by atoms with E-state index in [0.29, 0.717) is 21.6 Å². The Labute approximate surface area is 109 Å². The van der Waals surface area contributed by atoms with Crippen LogP contribution in [0.15, 0.2) is 24.4 Å². The summed E-state index contributed by atoms with van der Waals surface area (Å²) in [5.74, 6) is 1.25. The molecule has 0 unspecified atom stereocenters. The zero-order valence-electron chi connectivity index (χ0n) is 9.37. The predicted molar refractivity (Wildman–Crippen MR) is 68.8 cm³/mol. The number of nitrogens with zero attached hydrogens (tertiary/aromatic N) is 2. The van der Waals surface area contributed by atoms with Crippen molar-refractivity contribution in [3.63, 3.8) is 0 Å². The van der Waals surface area contributed by atoms with Gasteiger partial charge in [-0.25, -0.2) is 9.97 Å². The molecule has 17 heavy (non-hydrogen) atoms. The Balaban J connectivity index is 2.65. The minimum Gasteiger partial charge on any atom is -0.494 e. The molecule has 1 heterocycles. The summed E-state index contributed by atoms with van der Waals surface area (Å²) in [4.78, 5) is 8.37. The average molecular weight is 269 g/mol. The summed E-state index contributed by atoms with van der Waals surface area (Å²) in [5, 5.41) is 1.01. The van der Waals surface area contributed by atoms with Crippen LogP contribution in [0.4, 0.5) is 0 Å². The fraction of sp³-hybridized carbons (Fsp3) is 0.167. The highest BCUT2D eigenvalue weighted by Gasteiger charge is 2.12. The first kappa shape index (κ1) is 12.1. The number of benzene rings is 1. The highest BCUT2D eigenvalue weighted by molar-refractivity contribution is 6.36. The number of halogens is 2. The first-order valence-electron chi connectivity index (χ1n) is 4.95. The largest absolute Gasteiger partial charge is 0.494 e. The smallest absolute Gasteiger partial charge is 0.146 e. The molecular weight excluding hydrogens is 259 g/mol. The van der Waals surface area contributed by atoms with E-state index in [1.807, 2.05) is 6.92 Å². The van der Waals surface area contributed by atoms with Crippen LogP contribution in [0, 0.1) is 6.92 Å². The predicted octanol–water partition coefficient (Wildman–Crippen LogP) is 3.77. The number of hydrogen-bond acceptors (Lipinski definition) is 3. The number of ether oxygens (including phenoxy) is 1. The lowest BCUT2D eigenvalue weighted by Gasteiger charge is -2.10. The molecule has 0 amide bonds.